The summed E-state index contributed by atoms with van der Waals surface area (Å²) < 4.78 is 11.2. The number of ether oxygens (including phenoxy) is 2. The van der Waals surface area contributed by atoms with Crippen LogP contribution in [-0.4, -0.2) is 41.6 Å². The third kappa shape index (κ3) is 3.62. The Hall–Kier alpha value is -2.56. The van der Waals surface area contributed by atoms with Crippen molar-refractivity contribution in [2.75, 3.05) is 19.7 Å². The molecule has 2 aromatic rings. The Morgan fingerprint density at radius 3 is 2.61 bits per heavy atom. The van der Waals surface area contributed by atoms with Gasteiger partial charge in [0, 0.05) is 17.3 Å². The van der Waals surface area contributed by atoms with Crippen LogP contribution in [0.15, 0.2) is 42.5 Å². The van der Waals surface area contributed by atoms with Crippen LogP contribution in [0.5, 0.6) is 11.6 Å². The molecule has 1 fully saturated rings. The minimum atomic E-state index is 0.0101. The number of likely N-dealkylation sites (tertiary alicyclic amines) is 1. The smallest absolute Gasteiger partial charge is 0.254 e. The molecular formula is C18H20N2O3. The predicted molar refractivity (Wildman–Crippen MR) is 86.9 cm³/mol. The molecule has 1 aliphatic heterocycles. The number of amides is 1. The molecule has 0 atom stereocenters. The van der Waals surface area contributed by atoms with Gasteiger partial charge in [0.05, 0.1) is 19.7 Å². The maximum absolute atomic E-state index is 12.4. The SMILES string of the molecule is CCOc1ccc(C(=O)N2CC(Oc3cccc(C)n3)C2)cc1. The van der Waals surface area contributed by atoms with E-state index in [1.165, 1.54) is 0 Å². The lowest BCUT2D eigenvalue weighted by Gasteiger charge is -2.38. The van der Waals surface area contributed by atoms with Crippen molar-refractivity contribution >= 4 is 5.91 Å². The molecule has 23 heavy (non-hydrogen) atoms. The monoisotopic (exact) mass is 312 g/mol. The maximum Gasteiger partial charge on any atom is 0.254 e. The summed E-state index contributed by atoms with van der Waals surface area (Å²) in [6.07, 6.45) is 0.0101. The molecule has 5 nitrogen and oxygen atoms in total. The summed E-state index contributed by atoms with van der Waals surface area (Å²) in [6.45, 7) is 5.65. The van der Waals surface area contributed by atoms with Gasteiger partial charge in [-0.1, -0.05) is 6.07 Å². The molecular weight excluding hydrogens is 292 g/mol. The van der Waals surface area contributed by atoms with Gasteiger partial charge in [0.25, 0.3) is 5.91 Å². The molecule has 1 saturated heterocycles. The lowest BCUT2D eigenvalue weighted by atomic mass is 10.1. The van der Waals surface area contributed by atoms with Crippen molar-refractivity contribution in [2.45, 2.75) is 20.0 Å². The number of rotatable bonds is 5. The number of hydrogen-bond donors (Lipinski definition) is 0. The van der Waals surface area contributed by atoms with E-state index in [1.807, 2.05) is 44.2 Å². The molecule has 0 N–H and O–H groups in total. The van der Waals surface area contributed by atoms with Gasteiger partial charge in [-0.2, -0.15) is 0 Å². The van der Waals surface area contributed by atoms with Gasteiger partial charge >= 0.3 is 0 Å². The van der Waals surface area contributed by atoms with Crippen LogP contribution in [0.25, 0.3) is 0 Å². The van der Waals surface area contributed by atoms with Crippen molar-refractivity contribution in [3.8, 4) is 11.6 Å². The fourth-order valence-electron chi connectivity index (χ4n) is 2.48. The van der Waals surface area contributed by atoms with Crippen molar-refractivity contribution in [2.24, 2.45) is 0 Å². The molecule has 0 radical (unpaired) electrons. The van der Waals surface area contributed by atoms with Crippen molar-refractivity contribution in [3.05, 3.63) is 53.7 Å². The highest BCUT2D eigenvalue weighted by atomic mass is 16.5. The number of carbonyl (C=O) groups is 1. The number of nitrogens with zero attached hydrogens (tertiary/aromatic N) is 2. The fourth-order valence-corrected chi connectivity index (χ4v) is 2.48. The standard InChI is InChI=1S/C18H20N2O3/c1-3-22-15-9-7-14(8-10-15)18(21)20-11-16(12-20)23-17-6-4-5-13(2)19-17/h4-10,16H,3,11-12H2,1-2H3. The molecule has 1 aromatic heterocycles. The first-order chi connectivity index (χ1) is 11.2. The van der Waals surface area contributed by atoms with Crippen LogP contribution in [0, 0.1) is 6.92 Å². The Labute approximate surface area is 135 Å². The Morgan fingerprint density at radius 1 is 1.22 bits per heavy atom. The number of carbonyl (C=O) groups excluding carboxylic acids is 1. The highest BCUT2D eigenvalue weighted by molar-refractivity contribution is 5.94. The van der Waals surface area contributed by atoms with E-state index < -0.39 is 0 Å². The predicted octanol–water partition coefficient (Wildman–Crippen LogP) is 2.69. The van der Waals surface area contributed by atoms with Gasteiger partial charge in [0.1, 0.15) is 11.9 Å². The fraction of sp³-hybridized carbons (Fsp3) is 0.333. The zero-order valence-corrected chi connectivity index (χ0v) is 13.4. The van der Waals surface area contributed by atoms with Gasteiger partial charge in [-0.15, -0.1) is 0 Å². The van der Waals surface area contributed by atoms with E-state index in [4.69, 9.17) is 9.47 Å². The summed E-state index contributed by atoms with van der Waals surface area (Å²) in [6, 6.07) is 12.9. The lowest BCUT2D eigenvalue weighted by Crippen LogP contribution is -2.56. The van der Waals surface area contributed by atoms with E-state index in [-0.39, 0.29) is 12.0 Å². The van der Waals surface area contributed by atoms with Crippen LogP contribution < -0.4 is 9.47 Å². The highest BCUT2D eigenvalue weighted by Crippen LogP contribution is 2.20. The molecule has 120 valence electrons. The van der Waals surface area contributed by atoms with E-state index in [1.54, 1.807) is 17.0 Å². The second-order valence-electron chi connectivity index (χ2n) is 5.52. The van der Waals surface area contributed by atoms with Crippen LogP contribution in [-0.2, 0) is 0 Å². The number of benzene rings is 1. The van der Waals surface area contributed by atoms with E-state index in [9.17, 15) is 4.79 Å². The van der Waals surface area contributed by atoms with Crippen molar-refractivity contribution in [1.29, 1.82) is 0 Å². The molecule has 1 amide bonds. The average Bonchev–Trinajstić information content (AvgIpc) is 2.51. The van der Waals surface area contributed by atoms with Gasteiger partial charge in [0.2, 0.25) is 5.88 Å². The molecule has 1 aromatic carbocycles. The molecule has 5 heteroatoms. The molecule has 0 bridgehead atoms. The normalized spacial score (nSPS) is 14.3. The number of aromatic nitrogens is 1. The van der Waals surface area contributed by atoms with Crippen molar-refractivity contribution in [1.82, 2.24) is 9.88 Å². The van der Waals surface area contributed by atoms with Crippen LogP contribution >= 0.6 is 0 Å². The number of hydrogen-bond acceptors (Lipinski definition) is 4. The van der Waals surface area contributed by atoms with Gasteiger partial charge in [-0.3, -0.25) is 4.79 Å². The summed E-state index contributed by atoms with van der Waals surface area (Å²) in [7, 11) is 0. The van der Waals surface area contributed by atoms with E-state index in [2.05, 4.69) is 4.98 Å². The second-order valence-corrected chi connectivity index (χ2v) is 5.52. The van der Waals surface area contributed by atoms with E-state index in [0.29, 0.717) is 31.1 Å². The number of aryl methyl sites for hydroxylation is 1. The Kier molecular flexibility index (Phi) is 4.46. The zero-order valence-electron chi connectivity index (χ0n) is 13.4. The van der Waals surface area contributed by atoms with Gasteiger partial charge < -0.3 is 14.4 Å². The maximum atomic E-state index is 12.4. The van der Waals surface area contributed by atoms with Crippen molar-refractivity contribution in [3.63, 3.8) is 0 Å². The minimum Gasteiger partial charge on any atom is -0.494 e. The zero-order chi connectivity index (χ0) is 16.2. The van der Waals surface area contributed by atoms with Crippen LogP contribution in [0.4, 0.5) is 0 Å². The minimum absolute atomic E-state index is 0.0101. The molecule has 3 rings (SSSR count). The van der Waals surface area contributed by atoms with Crippen LogP contribution in [0.1, 0.15) is 23.0 Å². The summed E-state index contributed by atoms with van der Waals surface area (Å²) in [5.74, 6) is 1.41. The Morgan fingerprint density at radius 2 is 1.96 bits per heavy atom. The van der Waals surface area contributed by atoms with Gasteiger partial charge in [-0.25, -0.2) is 4.98 Å². The average molecular weight is 312 g/mol. The first-order valence-electron chi connectivity index (χ1n) is 7.78. The quantitative estimate of drug-likeness (QED) is 0.852. The molecule has 0 aliphatic carbocycles. The second kappa shape index (κ2) is 6.69. The topological polar surface area (TPSA) is 51.7 Å². The van der Waals surface area contributed by atoms with Crippen LogP contribution in [0.3, 0.4) is 0 Å². The third-order valence-corrected chi connectivity index (χ3v) is 3.70. The van der Waals surface area contributed by atoms with E-state index in [0.717, 1.165) is 11.4 Å². The van der Waals surface area contributed by atoms with E-state index >= 15 is 0 Å². The summed E-state index contributed by atoms with van der Waals surface area (Å²) >= 11 is 0. The van der Waals surface area contributed by atoms with Crippen LogP contribution in [0.2, 0.25) is 0 Å². The Bertz CT molecular complexity index is 679. The van der Waals surface area contributed by atoms with Crippen molar-refractivity contribution < 1.29 is 14.3 Å². The third-order valence-electron chi connectivity index (χ3n) is 3.70. The molecule has 0 unspecified atom stereocenters. The molecule has 2 heterocycles. The molecule has 0 spiro atoms. The molecule has 0 saturated carbocycles. The first kappa shape index (κ1) is 15.3. The molecule has 1 aliphatic rings. The number of pyridine rings is 1. The lowest BCUT2D eigenvalue weighted by molar-refractivity contribution is 0.0159. The largest absolute Gasteiger partial charge is 0.494 e. The highest BCUT2D eigenvalue weighted by Gasteiger charge is 2.33. The van der Waals surface area contributed by atoms with Gasteiger partial charge in [-0.05, 0) is 44.2 Å². The Balaban J connectivity index is 1.53. The first-order valence-corrected chi connectivity index (χ1v) is 7.78. The summed E-state index contributed by atoms with van der Waals surface area (Å²) in [5.41, 5.74) is 1.59. The summed E-state index contributed by atoms with van der Waals surface area (Å²) in [5, 5.41) is 0. The van der Waals surface area contributed by atoms with Gasteiger partial charge in [0.15, 0.2) is 0 Å². The summed E-state index contributed by atoms with van der Waals surface area (Å²) in [4.78, 5) is 18.4.